The number of rotatable bonds is 9. The minimum absolute atomic E-state index is 0.108. The number of carbonyl (C=O) groups excluding carboxylic acids is 1. The van der Waals surface area contributed by atoms with Crippen LogP contribution in [0.25, 0.3) is 0 Å². The fraction of sp³-hybridized carbons (Fsp3) is 0.611. The third kappa shape index (κ3) is 7.01. The molecule has 1 N–H and O–H groups in total. The van der Waals surface area contributed by atoms with Crippen LogP contribution in [0.2, 0.25) is 0 Å². The van der Waals surface area contributed by atoms with Gasteiger partial charge in [-0.3, -0.25) is 9.69 Å². The predicted octanol–water partition coefficient (Wildman–Crippen LogP) is 1.60. The summed E-state index contributed by atoms with van der Waals surface area (Å²) in [4.78, 5) is 16.1. The van der Waals surface area contributed by atoms with Gasteiger partial charge in [-0.15, -0.1) is 0 Å². The molecule has 0 atom stereocenters. The topological polar surface area (TPSA) is 44.8 Å². The number of nitrogens with one attached hydrogen (secondary N) is 1. The van der Waals surface area contributed by atoms with Crippen molar-refractivity contribution in [3.8, 4) is 5.75 Å². The molecular weight excluding hydrogens is 290 g/mol. The first-order valence-electron chi connectivity index (χ1n) is 8.61. The van der Waals surface area contributed by atoms with E-state index in [2.05, 4.69) is 15.1 Å². The molecular formula is C18H29N3O2. The Bertz CT molecular complexity index is 445. The quantitative estimate of drug-likeness (QED) is 0.702. The van der Waals surface area contributed by atoms with Gasteiger partial charge in [0.2, 0.25) is 5.91 Å². The van der Waals surface area contributed by atoms with E-state index in [1.165, 1.54) is 12.8 Å². The van der Waals surface area contributed by atoms with E-state index in [0.717, 1.165) is 51.5 Å². The molecule has 1 aliphatic heterocycles. The van der Waals surface area contributed by atoms with Crippen LogP contribution in [-0.2, 0) is 4.79 Å². The molecule has 0 aromatic heterocycles. The van der Waals surface area contributed by atoms with Gasteiger partial charge in [0.15, 0.2) is 0 Å². The van der Waals surface area contributed by atoms with Gasteiger partial charge >= 0.3 is 0 Å². The molecule has 0 saturated carbocycles. The lowest BCUT2D eigenvalue weighted by Gasteiger charge is -2.34. The first-order valence-corrected chi connectivity index (χ1v) is 8.61. The van der Waals surface area contributed by atoms with Gasteiger partial charge in [-0.05, 0) is 37.9 Å². The summed E-state index contributed by atoms with van der Waals surface area (Å²) in [7, 11) is 1.69. The van der Waals surface area contributed by atoms with Crippen molar-refractivity contribution in [2.75, 3.05) is 52.9 Å². The SMILES string of the molecule is CNC(=O)CN1CCN(CCCCCOc2ccccc2)CC1. The van der Waals surface area contributed by atoms with E-state index in [0.29, 0.717) is 6.54 Å². The molecule has 1 fully saturated rings. The lowest BCUT2D eigenvalue weighted by molar-refractivity contribution is -0.122. The second-order valence-corrected chi connectivity index (χ2v) is 6.01. The summed E-state index contributed by atoms with van der Waals surface area (Å²) < 4.78 is 5.70. The molecule has 2 rings (SSSR count). The zero-order chi connectivity index (χ0) is 16.3. The zero-order valence-corrected chi connectivity index (χ0v) is 14.2. The van der Waals surface area contributed by atoms with Crippen molar-refractivity contribution in [2.45, 2.75) is 19.3 Å². The summed E-state index contributed by atoms with van der Waals surface area (Å²) in [5.41, 5.74) is 0. The van der Waals surface area contributed by atoms with Crippen LogP contribution in [0.5, 0.6) is 5.75 Å². The van der Waals surface area contributed by atoms with E-state index in [4.69, 9.17) is 4.74 Å². The average molecular weight is 319 g/mol. The second kappa shape index (κ2) is 10.2. The van der Waals surface area contributed by atoms with Gasteiger partial charge in [0.1, 0.15) is 5.75 Å². The highest BCUT2D eigenvalue weighted by molar-refractivity contribution is 5.77. The Morgan fingerprint density at radius 2 is 1.74 bits per heavy atom. The number of para-hydroxylation sites is 1. The molecule has 5 heteroatoms. The molecule has 5 nitrogen and oxygen atoms in total. The van der Waals surface area contributed by atoms with Gasteiger partial charge in [0.25, 0.3) is 0 Å². The maximum Gasteiger partial charge on any atom is 0.233 e. The van der Waals surface area contributed by atoms with Crippen LogP contribution < -0.4 is 10.1 Å². The Balaban J connectivity index is 1.47. The molecule has 0 radical (unpaired) electrons. The highest BCUT2D eigenvalue weighted by Gasteiger charge is 2.17. The number of amides is 1. The molecule has 0 unspecified atom stereocenters. The molecule has 128 valence electrons. The van der Waals surface area contributed by atoms with E-state index >= 15 is 0 Å². The molecule has 1 saturated heterocycles. The first-order chi connectivity index (χ1) is 11.3. The van der Waals surface area contributed by atoms with E-state index in [1.807, 2.05) is 30.3 Å². The van der Waals surface area contributed by atoms with Crippen molar-refractivity contribution in [1.29, 1.82) is 0 Å². The Morgan fingerprint density at radius 3 is 2.43 bits per heavy atom. The van der Waals surface area contributed by atoms with E-state index in [9.17, 15) is 4.79 Å². The molecule has 1 aromatic carbocycles. The lowest BCUT2D eigenvalue weighted by Crippen LogP contribution is -2.49. The number of unbranched alkanes of at least 4 members (excludes halogenated alkanes) is 2. The monoisotopic (exact) mass is 319 g/mol. The minimum atomic E-state index is 0.108. The summed E-state index contributed by atoms with van der Waals surface area (Å²) in [5, 5.41) is 2.68. The highest BCUT2D eigenvalue weighted by atomic mass is 16.5. The van der Waals surface area contributed by atoms with Crippen LogP contribution >= 0.6 is 0 Å². The van der Waals surface area contributed by atoms with Crippen LogP contribution in [-0.4, -0.2) is 68.6 Å². The van der Waals surface area contributed by atoms with Gasteiger partial charge < -0.3 is 15.0 Å². The summed E-state index contributed by atoms with van der Waals surface area (Å²) in [6.45, 7) is 6.59. The van der Waals surface area contributed by atoms with Gasteiger partial charge in [-0.25, -0.2) is 0 Å². The Hall–Kier alpha value is -1.59. The van der Waals surface area contributed by atoms with Gasteiger partial charge in [-0.2, -0.15) is 0 Å². The van der Waals surface area contributed by atoms with Crippen LogP contribution in [0.3, 0.4) is 0 Å². The highest BCUT2D eigenvalue weighted by Crippen LogP contribution is 2.10. The van der Waals surface area contributed by atoms with Crippen molar-refractivity contribution in [3.63, 3.8) is 0 Å². The number of piperazine rings is 1. The zero-order valence-electron chi connectivity index (χ0n) is 14.2. The van der Waals surface area contributed by atoms with Crippen LogP contribution in [0.1, 0.15) is 19.3 Å². The Labute approximate surface area is 139 Å². The summed E-state index contributed by atoms with van der Waals surface area (Å²) in [6.07, 6.45) is 3.52. The third-order valence-electron chi connectivity index (χ3n) is 4.24. The van der Waals surface area contributed by atoms with Crippen molar-refractivity contribution in [1.82, 2.24) is 15.1 Å². The third-order valence-corrected chi connectivity index (χ3v) is 4.24. The maximum atomic E-state index is 11.4. The van der Waals surface area contributed by atoms with Crippen molar-refractivity contribution < 1.29 is 9.53 Å². The average Bonchev–Trinajstić information content (AvgIpc) is 2.60. The smallest absolute Gasteiger partial charge is 0.233 e. The fourth-order valence-electron chi connectivity index (χ4n) is 2.77. The van der Waals surface area contributed by atoms with Crippen molar-refractivity contribution in [3.05, 3.63) is 30.3 Å². The Kier molecular flexibility index (Phi) is 7.90. The molecule has 1 aromatic rings. The van der Waals surface area contributed by atoms with Gasteiger partial charge in [0.05, 0.1) is 13.2 Å². The van der Waals surface area contributed by atoms with E-state index in [1.54, 1.807) is 7.05 Å². The summed E-state index contributed by atoms with van der Waals surface area (Å²) in [6, 6.07) is 10.00. The molecule has 23 heavy (non-hydrogen) atoms. The van der Waals surface area contributed by atoms with Gasteiger partial charge in [0, 0.05) is 33.2 Å². The van der Waals surface area contributed by atoms with E-state index in [-0.39, 0.29) is 5.91 Å². The fourth-order valence-corrected chi connectivity index (χ4v) is 2.77. The number of hydrogen-bond donors (Lipinski definition) is 1. The van der Waals surface area contributed by atoms with Crippen LogP contribution in [0.15, 0.2) is 30.3 Å². The summed E-state index contributed by atoms with van der Waals surface area (Å²) in [5.74, 6) is 1.07. The molecule has 1 aliphatic rings. The molecule has 0 aliphatic carbocycles. The minimum Gasteiger partial charge on any atom is -0.494 e. The van der Waals surface area contributed by atoms with Gasteiger partial charge in [-0.1, -0.05) is 18.2 Å². The second-order valence-electron chi connectivity index (χ2n) is 6.01. The number of carbonyl (C=O) groups is 1. The number of ether oxygens (including phenoxy) is 1. The largest absolute Gasteiger partial charge is 0.494 e. The van der Waals surface area contributed by atoms with E-state index < -0.39 is 0 Å². The lowest BCUT2D eigenvalue weighted by atomic mass is 10.2. The van der Waals surface area contributed by atoms with Crippen LogP contribution in [0, 0.1) is 0 Å². The van der Waals surface area contributed by atoms with Crippen LogP contribution in [0.4, 0.5) is 0 Å². The van der Waals surface area contributed by atoms with Crippen molar-refractivity contribution in [2.24, 2.45) is 0 Å². The standard InChI is InChI=1S/C18H29N3O2/c1-19-18(22)16-21-13-11-20(12-14-21)10-6-3-7-15-23-17-8-4-2-5-9-17/h2,4-5,8-9H,3,6-7,10-16H2,1H3,(H,19,22). The van der Waals surface area contributed by atoms with Crippen molar-refractivity contribution >= 4 is 5.91 Å². The first kappa shape index (κ1) is 17.8. The number of hydrogen-bond acceptors (Lipinski definition) is 4. The normalized spacial score (nSPS) is 16.2. The Morgan fingerprint density at radius 1 is 1.04 bits per heavy atom. The molecule has 0 spiro atoms. The number of benzene rings is 1. The number of nitrogens with zero attached hydrogens (tertiary/aromatic N) is 2. The summed E-state index contributed by atoms with van der Waals surface area (Å²) >= 11 is 0. The number of likely N-dealkylation sites (N-methyl/N-ethyl adjacent to an activating group) is 1. The molecule has 0 bridgehead atoms. The maximum absolute atomic E-state index is 11.4. The molecule has 1 amide bonds. The predicted molar refractivity (Wildman–Crippen MR) is 92.7 cm³/mol. The molecule has 1 heterocycles.